The standard InChI is InChI=1S/C14H17FO2/c1-3-8-14(16,4-2)12-9-10-6-5-7-11(15)13(10)17-12/h5-7,9,16H,3-4,8H2,1-2H3. The molecule has 0 aliphatic heterocycles. The molecular formula is C14H17FO2. The van der Waals surface area contributed by atoms with Gasteiger partial charge in [0.05, 0.1) is 0 Å². The molecule has 1 aromatic carbocycles. The number of halogens is 1. The summed E-state index contributed by atoms with van der Waals surface area (Å²) < 4.78 is 19.0. The SMILES string of the molecule is CCCC(O)(CC)c1cc2cccc(F)c2o1. The van der Waals surface area contributed by atoms with Crippen LogP contribution in [0.15, 0.2) is 28.7 Å². The molecule has 0 radical (unpaired) electrons. The van der Waals surface area contributed by atoms with E-state index in [-0.39, 0.29) is 11.4 Å². The highest BCUT2D eigenvalue weighted by atomic mass is 19.1. The molecule has 92 valence electrons. The normalized spacial score (nSPS) is 15.1. The summed E-state index contributed by atoms with van der Waals surface area (Å²) in [5.41, 5.74) is -0.759. The first-order valence-electron chi connectivity index (χ1n) is 6.01. The van der Waals surface area contributed by atoms with Gasteiger partial charge >= 0.3 is 0 Å². The first kappa shape index (κ1) is 12.1. The molecule has 1 atom stereocenters. The second-order valence-electron chi connectivity index (χ2n) is 4.40. The van der Waals surface area contributed by atoms with Gasteiger partial charge in [-0.1, -0.05) is 32.4 Å². The van der Waals surface area contributed by atoms with Crippen molar-refractivity contribution in [3.05, 3.63) is 35.8 Å². The van der Waals surface area contributed by atoms with E-state index in [0.717, 1.165) is 6.42 Å². The number of hydrogen-bond donors (Lipinski definition) is 1. The summed E-state index contributed by atoms with van der Waals surface area (Å²) in [5, 5.41) is 11.2. The molecule has 2 nitrogen and oxygen atoms in total. The lowest BCUT2D eigenvalue weighted by Crippen LogP contribution is -2.23. The first-order chi connectivity index (χ1) is 8.10. The smallest absolute Gasteiger partial charge is 0.170 e. The Morgan fingerprint density at radius 3 is 2.71 bits per heavy atom. The van der Waals surface area contributed by atoms with E-state index in [1.54, 1.807) is 18.2 Å². The fourth-order valence-electron chi connectivity index (χ4n) is 2.14. The minimum absolute atomic E-state index is 0.227. The molecule has 2 aromatic rings. The summed E-state index contributed by atoms with van der Waals surface area (Å²) in [6.07, 6.45) is 2.02. The number of fused-ring (bicyclic) bond motifs is 1. The van der Waals surface area contributed by atoms with Crippen LogP contribution in [0.3, 0.4) is 0 Å². The lowest BCUT2D eigenvalue weighted by atomic mass is 9.92. The van der Waals surface area contributed by atoms with Crippen molar-refractivity contribution in [2.75, 3.05) is 0 Å². The molecular weight excluding hydrogens is 219 g/mol. The summed E-state index contributed by atoms with van der Waals surface area (Å²) in [6.45, 7) is 3.91. The van der Waals surface area contributed by atoms with Crippen molar-refractivity contribution in [1.82, 2.24) is 0 Å². The van der Waals surface area contributed by atoms with Crippen LogP contribution >= 0.6 is 0 Å². The zero-order valence-electron chi connectivity index (χ0n) is 10.2. The Morgan fingerprint density at radius 1 is 1.35 bits per heavy atom. The van der Waals surface area contributed by atoms with Crippen molar-refractivity contribution in [3.8, 4) is 0 Å². The second kappa shape index (κ2) is 4.49. The maximum Gasteiger partial charge on any atom is 0.170 e. The highest BCUT2D eigenvalue weighted by Gasteiger charge is 2.30. The Morgan fingerprint density at radius 2 is 2.12 bits per heavy atom. The van der Waals surface area contributed by atoms with Crippen molar-refractivity contribution >= 4 is 11.0 Å². The summed E-state index contributed by atoms with van der Waals surface area (Å²) in [5.74, 6) is 0.0747. The topological polar surface area (TPSA) is 33.4 Å². The van der Waals surface area contributed by atoms with E-state index in [1.165, 1.54) is 6.07 Å². The van der Waals surface area contributed by atoms with Crippen molar-refractivity contribution in [1.29, 1.82) is 0 Å². The van der Waals surface area contributed by atoms with Gasteiger partial charge in [-0.3, -0.25) is 0 Å². The van der Waals surface area contributed by atoms with Gasteiger partial charge in [0.1, 0.15) is 11.4 Å². The average Bonchev–Trinajstić information content (AvgIpc) is 2.75. The van der Waals surface area contributed by atoms with Crippen LogP contribution < -0.4 is 0 Å². The van der Waals surface area contributed by atoms with Gasteiger partial charge in [0.15, 0.2) is 11.4 Å². The minimum Gasteiger partial charge on any atom is -0.455 e. The summed E-state index contributed by atoms with van der Waals surface area (Å²) in [7, 11) is 0. The van der Waals surface area contributed by atoms with Crippen molar-refractivity contribution in [2.24, 2.45) is 0 Å². The molecule has 0 spiro atoms. The van der Waals surface area contributed by atoms with E-state index < -0.39 is 5.60 Å². The van der Waals surface area contributed by atoms with Crippen LogP contribution in [0, 0.1) is 5.82 Å². The van der Waals surface area contributed by atoms with E-state index in [9.17, 15) is 9.50 Å². The van der Waals surface area contributed by atoms with Gasteiger partial charge in [-0.2, -0.15) is 0 Å². The van der Waals surface area contributed by atoms with Crippen LogP contribution in [0.4, 0.5) is 4.39 Å². The maximum atomic E-state index is 13.5. The van der Waals surface area contributed by atoms with Crippen LogP contribution in [0.5, 0.6) is 0 Å². The van der Waals surface area contributed by atoms with Crippen LogP contribution in [-0.4, -0.2) is 5.11 Å². The molecule has 0 bridgehead atoms. The van der Waals surface area contributed by atoms with E-state index >= 15 is 0 Å². The Balaban J connectivity index is 2.52. The predicted octanol–water partition coefficient (Wildman–Crippen LogP) is 3.97. The highest BCUT2D eigenvalue weighted by molar-refractivity contribution is 5.78. The lowest BCUT2D eigenvalue weighted by molar-refractivity contribution is 0.00283. The third-order valence-electron chi connectivity index (χ3n) is 3.20. The van der Waals surface area contributed by atoms with Gasteiger partial charge in [-0.05, 0) is 25.0 Å². The fraction of sp³-hybridized carbons (Fsp3) is 0.429. The third kappa shape index (κ3) is 2.07. The minimum atomic E-state index is -0.986. The van der Waals surface area contributed by atoms with Crippen LogP contribution in [0.2, 0.25) is 0 Å². The molecule has 0 aliphatic rings. The highest BCUT2D eigenvalue weighted by Crippen LogP contribution is 2.34. The Labute approximate surface area is 100 Å². The van der Waals surface area contributed by atoms with Crippen LogP contribution in [0.1, 0.15) is 38.9 Å². The molecule has 0 aliphatic carbocycles. The Kier molecular flexibility index (Phi) is 3.20. The molecule has 0 amide bonds. The van der Waals surface area contributed by atoms with Gasteiger partial charge in [-0.25, -0.2) is 4.39 Å². The molecule has 2 rings (SSSR count). The molecule has 3 heteroatoms. The number of hydrogen-bond acceptors (Lipinski definition) is 2. The quantitative estimate of drug-likeness (QED) is 0.871. The third-order valence-corrected chi connectivity index (χ3v) is 3.20. The largest absolute Gasteiger partial charge is 0.455 e. The summed E-state index contributed by atoms with van der Waals surface area (Å²) >= 11 is 0. The van der Waals surface area contributed by atoms with Gasteiger partial charge in [0.2, 0.25) is 0 Å². The van der Waals surface area contributed by atoms with Gasteiger partial charge < -0.3 is 9.52 Å². The summed E-state index contributed by atoms with van der Waals surface area (Å²) in [6, 6.07) is 6.52. The average molecular weight is 236 g/mol. The van der Waals surface area contributed by atoms with Crippen molar-refractivity contribution in [3.63, 3.8) is 0 Å². The molecule has 1 N–H and O–H groups in total. The lowest BCUT2D eigenvalue weighted by Gasteiger charge is -2.23. The Bertz CT molecular complexity index is 518. The molecule has 0 saturated heterocycles. The molecule has 0 saturated carbocycles. The monoisotopic (exact) mass is 236 g/mol. The molecule has 1 heterocycles. The van der Waals surface area contributed by atoms with E-state index in [0.29, 0.717) is 24.0 Å². The maximum absolute atomic E-state index is 13.5. The van der Waals surface area contributed by atoms with Gasteiger partial charge in [0.25, 0.3) is 0 Å². The fourth-order valence-corrected chi connectivity index (χ4v) is 2.14. The number of para-hydroxylation sites is 1. The summed E-state index contributed by atoms with van der Waals surface area (Å²) in [4.78, 5) is 0. The molecule has 0 fully saturated rings. The molecule has 1 unspecified atom stereocenters. The molecule has 1 aromatic heterocycles. The van der Waals surface area contributed by atoms with E-state index in [1.807, 2.05) is 13.8 Å². The number of furan rings is 1. The predicted molar refractivity (Wildman–Crippen MR) is 65.3 cm³/mol. The van der Waals surface area contributed by atoms with E-state index in [2.05, 4.69) is 0 Å². The zero-order chi connectivity index (χ0) is 12.5. The van der Waals surface area contributed by atoms with Gasteiger partial charge in [0, 0.05) is 5.39 Å². The Hall–Kier alpha value is -1.35. The molecule has 17 heavy (non-hydrogen) atoms. The van der Waals surface area contributed by atoms with Gasteiger partial charge in [-0.15, -0.1) is 0 Å². The van der Waals surface area contributed by atoms with Crippen molar-refractivity contribution in [2.45, 2.75) is 38.7 Å². The van der Waals surface area contributed by atoms with E-state index in [4.69, 9.17) is 4.42 Å². The number of benzene rings is 1. The first-order valence-corrected chi connectivity index (χ1v) is 6.01. The second-order valence-corrected chi connectivity index (χ2v) is 4.40. The van der Waals surface area contributed by atoms with Crippen LogP contribution in [-0.2, 0) is 5.60 Å². The number of rotatable bonds is 4. The zero-order valence-corrected chi connectivity index (χ0v) is 10.2. The number of aliphatic hydroxyl groups is 1. The van der Waals surface area contributed by atoms with Crippen molar-refractivity contribution < 1.29 is 13.9 Å². The van der Waals surface area contributed by atoms with Crippen LogP contribution in [0.25, 0.3) is 11.0 Å².